The Morgan fingerprint density at radius 2 is 1.92 bits per heavy atom. The van der Waals surface area contributed by atoms with Gasteiger partial charge in [0.05, 0.1) is 0 Å². The van der Waals surface area contributed by atoms with Gasteiger partial charge in [0.1, 0.15) is 0 Å². The van der Waals surface area contributed by atoms with Crippen LogP contribution >= 0.6 is 24.0 Å². The molecular formula is C18H39IN4OS. The van der Waals surface area contributed by atoms with Crippen molar-refractivity contribution in [3.63, 3.8) is 0 Å². The van der Waals surface area contributed by atoms with Crippen molar-refractivity contribution in [2.24, 2.45) is 4.99 Å². The molecule has 0 aromatic rings. The molecule has 1 aliphatic rings. The van der Waals surface area contributed by atoms with E-state index in [9.17, 15) is 4.21 Å². The molecule has 1 rings (SSSR count). The van der Waals surface area contributed by atoms with Crippen molar-refractivity contribution < 1.29 is 4.21 Å². The second-order valence-corrected chi connectivity index (χ2v) is 8.54. The highest BCUT2D eigenvalue weighted by Gasteiger charge is 2.25. The number of guanidine groups is 1. The quantitative estimate of drug-likeness (QED) is 0.216. The fraction of sp³-hybridized carbons (Fsp3) is 0.944. The molecule has 0 aromatic carbocycles. The second kappa shape index (κ2) is 15.2. The van der Waals surface area contributed by atoms with Gasteiger partial charge in [-0.2, -0.15) is 0 Å². The Morgan fingerprint density at radius 1 is 1.20 bits per heavy atom. The minimum absolute atomic E-state index is 0. The summed E-state index contributed by atoms with van der Waals surface area (Å²) in [6.45, 7) is 10.9. The van der Waals surface area contributed by atoms with Crippen molar-refractivity contribution in [3.8, 4) is 0 Å². The number of rotatable bonds is 10. The summed E-state index contributed by atoms with van der Waals surface area (Å²) in [4.78, 5) is 6.81. The topological polar surface area (TPSA) is 56.7 Å². The zero-order valence-electron chi connectivity index (χ0n) is 16.6. The first kappa shape index (κ1) is 25.1. The summed E-state index contributed by atoms with van der Waals surface area (Å²) in [6.07, 6.45) is 6.80. The third kappa shape index (κ3) is 10.1. The summed E-state index contributed by atoms with van der Waals surface area (Å²) < 4.78 is 12.0. The van der Waals surface area contributed by atoms with E-state index in [-0.39, 0.29) is 24.0 Å². The van der Waals surface area contributed by atoms with Crippen LogP contribution in [0.3, 0.4) is 0 Å². The van der Waals surface area contributed by atoms with Crippen LogP contribution in [0.1, 0.15) is 59.3 Å². The molecule has 0 spiro atoms. The Morgan fingerprint density at radius 3 is 2.52 bits per heavy atom. The highest BCUT2D eigenvalue weighted by molar-refractivity contribution is 14.0. The van der Waals surface area contributed by atoms with Gasteiger partial charge in [-0.05, 0) is 51.7 Å². The van der Waals surface area contributed by atoms with Crippen LogP contribution in [0.4, 0.5) is 0 Å². The van der Waals surface area contributed by atoms with Crippen molar-refractivity contribution in [1.82, 2.24) is 15.5 Å². The molecular weight excluding hydrogens is 447 g/mol. The van der Waals surface area contributed by atoms with Gasteiger partial charge in [0.2, 0.25) is 0 Å². The fourth-order valence-electron chi connectivity index (χ4n) is 3.35. The maximum Gasteiger partial charge on any atom is 0.191 e. The van der Waals surface area contributed by atoms with Crippen molar-refractivity contribution in [2.75, 3.05) is 39.0 Å². The third-order valence-electron chi connectivity index (χ3n) is 4.93. The van der Waals surface area contributed by atoms with E-state index in [2.05, 4.69) is 34.4 Å². The number of unbranched alkanes of at least 4 members (excludes halogenated alkanes) is 1. The number of aliphatic imine (C=N–C) groups is 1. The van der Waals surface area contributed by atoms with E-state index >= 15 is 0 Å². The Kier molecular flexibility index (Phi) is 15.3. The summed E-state index contributed by atoms with van der Waals surface area (Å²) >= 11 is 0. The smallest absolute Gasteiger partial charge is 0.191 e. The summed E-state index contributed by atoms with van der Waals surface area (Å²) in [5.41, 5.74) is 0. The summed E-state index contributed by atoms with van der Waals surface area (Å²) in [6, 6.07) is 0.404. The van der Waals surface area contributed by atoms with Gasteiger partial charge >= 0.3 is 0 Å². The van der Waals surface area contributed by atoms with E-state index in [1.54, 1.807) is 0 Å². The van der Waals surface area contributed by atoms with Gasteiger partial charge in [-0.1, -0.05) is 27.2 Å². The van der Waals surface area contributed by atoms with E-state index < -0.39 is 10.8 Å². The molecule has 0 radical (unpaired) electrons. The second-order valence-electron chi connectivity index (χ2n) is 6.53. The molecule has 150 valence electrons. The Labute approximate surface area is 174 Å². The molecule has 0 bridgehead atoms. The molecule has 0 aromatic heterocycles. The third-order valence-corrected chi connectivity index (χ3v) is 6.68. The molecule has 5 nitrogen and oxygen atoms in total. The average Bonchev–Trinajstić information content (AvgIpc) is 2.63. The normalized spacial score (nSPS) is 22.4. The van der Waals surface area contributed by atoms with Crippen LogP contribution in [0.2, 0.25) is 0 Å². The van der Waals surface area contributed by atoms with Gasteiger partial charge < -0.3 is 15.5 Å². The van der Waals surface area contributed by atoms with Gasteiger partial charge in [-0.25, -0.2) is 0 Å². The lowest BCUT2D eigenvalue weighted by molar-refractivity contribution is 0.297. The van der Waals surface area contributed by atoms with E-state index in [1.165, 1.54) is 13.0 Å². The molecule has 25 heavy (non-hydrogen) atoms. The average molecular weight is 487 g/mol. The molecule has 1 aliphatic carbocycles. The van der Waals surface area contributed by atoms with Crippen LogP contribution in [0.5, 0.6) is 0 Å². The fourth-order valence-corrected chi connectivity index (χ4v) is 4.69. The largest absolute Gasteiger partial charge is 0.356 e. The minimum Gasteiger partial charge on any atom is -0.356 e. The summed E-state index contributed by atoms with van der Waals surface area (Å²) in [5, 5.41) is 7.31. The maximum atomic E-state index is 12.0. The first-order valence-corrected chi connectivity index (χ1v) is 11.1. The van der Waals surface area contributed by atoms with Crippen LogP contribution in [-0.4, -0.2) is 65.3 Å². The van der Waals surface area contributed by atoms with Crippen molar-refractivity contribution in [2.45, 2.75) is 70.6 Å². The van der Waals surface area contributed by atoms with Crippen LogP contribution < -0.4 is 10.6 Å². The minimum atomic E-state index is -0.670. The molecule has 7 heteroatoms. The number of hydrogen-bond acceptors (Lipinski definition) is 3. The lowest BCUT2D eigenvalue weighted by Crippen LogP contribution is -2.46. The van der Waals surface area contributed by atoms with Crippen molar-refractivity contribution in [3.05, 3.63) is 0 Å². The molecule has 0 saturated heterocycles. The molecule has 1 fully saturated rings. The molecule has 0 heterocycles. The Balaban J connectivity index is 0.00000576. The summed E-state index contributed by atoms with van der Waals surface area (Å²) in [7, 11) is 1.16. The SMILES string of the molecule is CCN(CC)CCCCNC(=NC)NC1CCCC(S(=O)CC)C1.I. The zero-order chi connectivity index (χ0) is 17.8. The van der Waals surface area contributed by atoms with Gasteiger partial charge in [-0.3, -0.25) is 9.20 Å². The predicted octanol–water partition coefficient (Wildman–Crippen LogP) is 2.97. The number of nitrogens with one attached hydrogen (secondary N) is 2. The molecule has 0 aliphatic heterocycles. The van der Waals surface area contributed by atoms with Crippen LogP contribution in [0, 0.1) is 0 Å². The zero-order valence-corrected chi connectivity index (χ0v) is 19.7. The van der Waals surface area contributed by atoms with E-state index in [0.29, 0.717) is 11.3 Å². The predicted molar refractivity (Wildman–Crippen MR) is 122 cm³/mol. The van der Waals surface area contributed by atoms with E-state index in [1.807, 2.05) is 14.0 Å². The van der Waals surface area contributed by atoms with Crippen molar-refractivity contribution >= 4 is 40.7 Å². The first-order valence-electron chi connectivity index (χ1n) is 9.71. The Bertz CT molecular complexity index is 391. The van der Waals surface area contributed by atoms with Crippen LogP contribution in [0.25, 0.3) is 0 Å². The first-order chi connectivity index (χ1) is 11.6. The molecule has 0 amide bonds. The van der Waals surface area contributed by atoms with E-state index in [0.717, 1.165) is 63.5 Å². The molecule has 3 atom stereocenters. The lowest BCUT2D eigenvalue weighted by Gasteiger charge is -2.30. The van der Waals surface area contributed by atoms with Crippen LogP contribution in [-0.2, 0) is 10.8 Å². The molecule has 3 unspecified atom stereocenters. The number of halogens is 1. The maximum absolute atomic E-state index is 12.0. The Hall–Kier alpha value is 0.110. The number of nitrogens with zero attached hydrogens (tertiary/aromatic N) is 2. The van der Waals surface area contributed by atoms with Crippen molar-refractivity contribution in [1.29, 1.82) is 0 Å². The monoisotopic (exact) mass is 486 g/mol. The van der Waals surface area contributed by atoms with Gasteiger partial charge in [-0.15, -0.1) is 24.0 Å². The highest BCUT2D eigenvalue weighted by atomic mass is 127. The van der Waals surface area contributed by atoms with Gasteiger partial charge in [0.25, 0.3) is 0 Å². The lowest BCUT2D eigenvalue weighted by atomic mass is 9.95. The molecule has 1 saturated carbocycles. The highest BCUT2D eigenvalue weighted by Crippen LogP contribution is 2.22. The van der Waals surface area contributed by atoms with Gasteiger partial charge in [0, 0.05) is 41.4 Å². The molecule has 2 N–H and O–H groups in total. The number of hydrogen-bond donors (Lipinski definition) is 2. The standard InChI is InChI=1S/C18H38N4OS.HI/c1-5-22(6-2)14-9-8-13-20-18(19-4)21-16-11-10-12-17(15-16)24(23)7-3;/h16-17H,5-15H2,1-4H3,(H2,19,20,21);1H. The van der Waals surface area contributed by atoms with Gasteiger partial charge in [0.15, 0.2) is 5.96 Å². The van der Waals surface area contributed by atoms with E-state index in [4.69, 9.17) is 0 Å². The summed E-state index contributed by atoms with van der Waals surface area (Å²) in [5.74, 6) is 1.67. The van der Waals surface area contributed by atoms with Crippen LogP contribution in [0.15, 0.2) is 4.99 Å².